The molecule has 1 aliphatic heterocycles. The number of ether oxygens (including phenoxy) is 1. The van der Waals surface area contributed by atoms with E-state index in [2.05, 4.69) is 49.9 Å². The van der Waals surface area contributed by atoms with Gasteiger partial charge in [0, 0.05) is 66.2 Å². The van der Waals surface area contributed by atoms with Crippen LogP contribution in [0.15, 0.2) is 47.2 Å². The molecule has 3 aromatic rings. The molecule has 5 nitrogen and oxygen atoms in total. The Morgan fingerprint density at radius 1 is 1.14 bits per heavy atom. The van der Waals surface area contributed by atoms with Crippen LogP contribution in [-0.4, -0.2) is 33.5 Å². The van der Waals surface area contributed by atoms with E-state index in [1.165, 1.54) is 16.8 Å². The molecule has 0 saturated carbocycles. The van der Waals surface area contributed by atoms with Crippen molar-refractivity contribution in [3.05, 3.63) is 69.8 Å². The number of benzene rings is 1. The van der Waals surface area contributed by atoms with E-state index in [1.807, 2.05) is 30.6 Å². The van der Waals surface area contributed by atoms with Crippen molar-refractivity contribution in [3.63, 3.8) is 0 Å². The number of rotatable bonds is 6. The van der Waals surface area contributed by atoms with Crippen molar-refractivity contribution in [1.82, 2.24) is 19.9 Å². The molecule has 0 amide bonds. The van der Waals surface area contributed by atoms with Crippen molar-refractivity contribution >= 4 is 15.9 Å². The van der Waals surface area contributed by atoms with Crippen molar-refractivity contribution in [1.29, 1.82) is 0 Å². The highest BCUT2D eigenvalue weighted by Gasteiger charge is 2.18. The van der Waals surface area contributed by atoms with Gasteiger partial charge in [-0.1, -0.05) is 28.9 Å². The molecule has 3 heterocycles. The van der Waals surface area contributed by atoms with Gasteiger partial charge in [-0.25, -0.2) is 9.97 Å². The number of hydrogen-bond acceptors (Lipinski definition) is 5. The summed E-state index contributed by atoms with van der Waals surface area (Å²) in [6.07, 6.45) is 7.00. The molecule has 0 N–H and O–H groups in total. The van der Waals surface area contributed by atoms with Crippen molar-refractivity contribution in [2.45, 2.75) is 39.3 Å². The lowest BCUT2D eigenvalue weighted by molar-refractivity contribution is 0.242. The molecule has 0 bridgehead atoms. The molecular formula is C23H25BrN4O. The fraction of sp³-hybridized carbons (Fsp3) is 0.348. The third kappa shape index (κ3) is 4.65. The van der Waals surface area contributed by atoms with Crippen molar-refractivity contribution in [2.24, 2.45) is 0 Å². The molecule has 2 aromatic heterocycles. The average Bonchev–Trinajstić information content (AvgIpc) is 2.74. The highest BCUT2D eigenvalue weighted by Crippen LogP contribution is 2.31. The summed E-state index contributed by atoms with van der Waals surface area (Å²) in [5.41, 5.74) is 5.57. The molecule has 0 unspecified atom stereocenters. The van der Waals surface area contributed by atoms with Gasteiger partial charge < -0.3 is 4.74 Å². The Labute approximate surface area is 180 Å². The highest BCUT2D eigenvalue weighted by molar-refractivity contribution is 9.10. The second-order valence-electron chi connectivity index (χ2n) is 7.37. The first-order chi connectivity index (χ1) is 14.2. The monoisotopic (exact) mass is 452 g/mol. The summed E-state index contributed by atoms with van der Waals surface area (Å²) < 4.78 is 6.49. The number of nitrogens with zero attached hydrogens (tertiary/aromatic N) is 4. The topological polar surface area (TPSA) is 51.1 Å². The smallest absolute Gasteiger partial charge is 0.128 e. The fourth-order valence-electron chi connectivity index (χ4n) is 3.71. The summed E-state index contributed by atoms with van der Waals surface area (Å²) in [5.74, 6) is 1.80. The second kappa shape index (κ2) is 9.01. The standard InChI is InChI=1S/C23H25BrN4O/c1-3-4-23-26-13-17-15-28(10-9-20(17)27-23)14-16-5-7-21(25-12-16)19-11-18(24)6-8-22(19)29-2/h5-8,11-13H,3-4,9-10,14-15H2,1-2H3. The lowest BCUT2D eigenvalue weighted by atomic mass is 10.1. The molecule has 0 fully saturated rings. The van der Waals surface area contributed by atoms with E-state index < -0.39 is 0 Å². The molecule has 6 heteroatoms. The first kappa shape index (κ1) is 20.0. The average molecular weight is 453 g/mol. The Bertz CT molecular complexity index is 991. The normalized spacial score (nSPS) is 13.9. The van der Waals surface area contributed by atoms with Gasteiger partial charge in [-0.2, -0.15) is 0 Å². The van der Waals surface area contributed by atoms with Crippen LogP contribution in [0.3, 0.4) is 0 Å². The zero-order valence-corrected chi connectivity index (χ0v) is 18.4. The molecule has 150 valence electrons. The molecule has 0 spiro atoms. The number of methoxy groups -OCH3 is 1. The van der Waals surface area contributed by atoms with Gasteiger partial charge in [-0.05, 0) is 36.2 Å². The Kier molecular flexibility index (Phi) is 6.21. The number of hydrogen-bond donors (Lipinski definition) is 0. The second-order valence-corrected chi connectivity index (χ2v) is 8.28. The molecule has 4 rings (SSSR count). The number of aromatic nitrogens is 3. The summed E-state index contributed by atoms with van der Waals surface area (Å²) in [5, 5.41) is 0. The Hall–Kier alpha value is -2.31. The van der Waals surface area contributed by atoms with Crippen molar-refractivity contribution < 1.29 is 4.74 Å². The summed E-state index contributed by atoms with van der Waals surface area (Å²) in [7, 11) is 1.68. The highest BCUT2D eigenvalue weighted by atomic mass is 79.9. The van der Waals surface area contributed by atoms with Gasteiger partial charge in [-0.3, -0.25) is 9.88 Å². The van der Waals surface area contributed by atoms with Gasteiger partial charge in [0.05, 0.1) is 12.8 Å². The van der Waals surface area contributed by atoms with Crippen LogP contribution in [0.1, 0.15) is 36.0 Å². The number of aryl methyl sites for hydroxylation is 1. The molecule has 0 aliphatic carbocycles. The molecule has 1 aliphatic rings. The van der Waals surface area contributed by atoms with Crippen molar-refractivity contribution in [2.75, 3.05) is 13.7 Å². The molecular weight excluding hydrogens is 428 g/mol. The van der Waals surface area contributed by atoms with Crippen LogP contribution in [0, 0.1) is 0 Å². The predicted octanol–water partition coefficient (Wildman–Crippen LogP) is 4.82. The molecule has 0 radical (unpaired) electrons. The Morgan fingerprint density at radius 2 is 2.03 bits per heavy atom. The van der Waals surface area contributed by atoms with E-state index in [0.29, 0.717) is 0 Å². The Morgan fingerprint density at radius 3 is 2.79 bits per heavy atom. The lowest BCUT2D eigenvalue weighted by Gasteiger charge is -2.28. The zero-order chi connectivity index (χ0) is 20.2. The van der Waals surface area contributed by atoms with Crippen LogP contribution in [0.25, 0.3) is 11.3 Å². The van der Waals surface area contributed by atoms with E-state index in [4.69, 9.17) is 9.72 Å². The number of halogens is 1. The quantitative estimate of drug-likeness (QED) is 0.536. The van der Waals surface area contributed by atoms with Crippen LogP contribution in [0.2, 0.25) is 0 Å². The lowest BCUT2D eigenvalue weighted by Crippen LogP contribution is -2.31. The van der Waals surface area contributed by atoms with E-state index >= 15 is 0 Å². The maximum absolute atomic E-state index is 5.48. The molecule has 29 heavy (non-hydrogen) atoms. The first-order valence-corrected chi connectivity index (χ1v) is 10.8. The summed E-state index contributed by atoms with van der Waals surface area (Å²) in [4.78, 5) is 16.4. The SMILES string of the molecule is CCCc1ncc2c(n1)CCN(Cc1ccc(-c3cc(Br)ccc3OC)nc1)C2. The summed E-state index contributed by atoms with van der Waals surface area (Å²) >= 11 is 3.53. The van der Waals surface area contributed by atoms with Gasteiger partial charge in [0.25, 0.3) is 0 Å². The van der Waals surface area contributed by atoms with E-state index in [9.17, 15) is 0 Å². The van der Waals surface area contributed by atoms with Crippen LogP contribution in [-0.2, 0) is 25.9 Å². The summed E-state index contributed by atoms with van der Waals surface area (Å²) in [6.45, 7) is 4.94. The fourth-order valence-corrected chi connectivity index (χ4v) is 4.07. The van der Waals surface area contributed by atoms with E-state index in [0.717, 1.165) is 66.2 Å². The predicted molar refractivity (Wildman–Crippen MR) is 118 cm³/mol. The zero-order valence-electron chi connectivity index (χ0n) is 16.9. The van der Waals surface area contributed by atoms with Crippen LogP contribution in [0.4, 0.5) is 0 Å². The molecule has 0 saturated heterocycles. The third-order valence-corrected chi connectivity index (χ3v) is 5.70. The minimum absolute atomic E-state index is 0.823. The Balaban J connectivity index is 1.45. The van der Waals surface area contributed by atoms with Crippen molar-refractivity contribution in [3.8, 4) is 17.0 Å². The van der Waals surface area contributed by atoms with Crippen LogP contribution >= 0.6 is 15.9 Å². The van der Waals surface area contributed by atoms with Crippen LogP contribution in [0.5, 0.6) is 5.75 Å². The summed E-state index contributed by atoms with van der Waals surface area (Å²) in [6, 6.07) is 10.2. The minimum atomic E-state index is 0.823. The van der Waals surface area contributed by atoms with Gasteiger partial charge >= 0.3 is 0 Å². The molecule has 1 aromatic carbocycles. The van der Waals surface area contributed by atoms with Crippen LogP contribution < -0.4 is 4.74 Å². The number of pyridine rings is 1. The van der Waals surface area contributed by atoms with E-state index in [1.54, 1.807) is 7.11 Å². The maximum Gasteiger partial charge on any atom is 0.128 e. The maximum atomic E-state index is 5.48. The van der Waals surface area contributed by atoms with Gasteiger partial charge in [0.2, 0.25) is 0 Å². The number of fused-ring (bicyclic) bond motifs is 1. The van der Waals surface area contributed by atoms with E-state index in [-0.39, 0.29) is 0 Å². The molecule has 0 atom stereocenters. The van der Waals surface area contributed by atoms with Gasteiger partial charge in [0.1, 0.15) is 11.6 Å². The minimum Gasteiger partial charge on any atom is -0.496 e. The van der Waals surface area contributed by atoms with Gasteiger partial charge in [-0.15, -0.1) is 0 Å². The largest absolute Gasteiger partial charge is 0.496 e. The first-order valence-electron chi connectivity index (χ1n) is 10.0. The third-order valence-electron chi connectivity index (χ3n) is 5.20. The van der Waals surface area contributed by atoms with Gasteiger partial charge in [0.15, 0.2) is 0 Å².